The summed E-state index contributed by atoms with van der Waals surface area (Å²) in [6.45, 7) is 6.99. The summed E-state index contributed by atoms with van der Waals surface area (Å²) in [5, 5.41) is 4.56. The van der Waals surface area contributed by atoms with Gasteiger partial charge in [-0.15, -0.1) is 0 Å². The molecule has 0 aliphatic carbocycles. The maximum atomic E-state index is 4.56. The minimum atomic E-state index is 0.890. The summed E-state index contributed by atoms with van der Waals surface area (Å²) < 4.78 is 2.10. The van der Waals surface area contributed by atoms with Gasteiger partial charge >= 0.3 is 0 Å². The summed E-state index contributed by atoms with van der Waals surface area (Å²) in [5.74, 6) is 0. The van der Waals surface area contributed by atoms with E-state index in [1.165, 1.54) is 22.6 Å². The molecule has 0 spiro atoms. The Bertz CT molecular complexity index is 983. The number of para-hydroxylation sites is 1. The number of fused-ring (bicyclic) bond motifs is 1. The smallest absolute Gasteiger partial charge is 0.115 e. The van der Waals surface area contributed by atoms with Crippen molar-refractivity contribution in [2.75, 3.05) is 31.1 Å². The summed E-state index contributed by atoms with van der Waals surface area (Å²) in [5.41, 5.74) is 7.21. The molecule has 2 aromatic heterocycles. The van der Waals surface area contributed by atoms with E-state index >= 15 is 0 Å². The van der Waals surface area contributed by atoms with Crippen molar-refractivity contribution in [3.63, 3.8) is 0 Å². The molecule has 0 N–H and O–H groups in total. The van der Waals surface area contributed by atoms with Crippen molar-refractivity contribution >= 4 is 11.8 Å². The molecule has 0 radical (unpaired) electrons. The number of anilines is 1. The third kappa shape index (κ3) is 2.97. The Labute approximate surface area is 158 Å². The van der Waals surface area contributed by atoms with Gasteiger partial charge in [-0.2, -0.15) is 5.10 Å². The summed E-state index contributed by atoms with van der Waals surface area (Å²) >= 11 is 0. The largest absolute Gasteiger partial charge is 0.370 e. The number of hydrogen-bond donors (Lipinski definition) is 0. The van der Waals surface area contributed by atoms with Gasteiger partial charge in [0.15, 0.2) is 0 Å². The molecule has 1 aromatic carbocycles. The first-order valence-electron chi connectivity index (χ1n) is 9.37. The van der Waals surface area contributed by atoms with E-state index < -0.39 is 0 Å². The summed E-state index contributed by atoms with van der Waals surface area (Å²) in [7, 11) is 0. The Balaban J connectivity index is 1.32. The summed E-state index contributed by atoms with van der Waals surface area (Å²) in [6, 6.07) is 10.7. The van der Waals surface area contributed by atoms with Gasteiger partial charge in [-0.25, -0.2) is 9.97 Å². The zero-order valence-electron chi connectivity index (χ0n) is 15.4. The Morgan fingerprint density at radius 2 is 1.67 bits per heavy atom. The van der Waals surface area contributed by atoms with Gasteiger partial charge in [-0.1, -0.05) is 18.2 Å². The van der Waals surface area contributed by atoms with Crippen LogP contribution in [0.25, 0.3) is 17.2 Å². The predicted octanol–water partition coefficient (Wildman–Crippen LogP) is 2.83. The second kappa shape index (κ2) is 6.54. The second-order valence-corrected chi connectivity index (χ2v) is 7.12. The van der Waals surface area contributed by atoms with E-state index in [4.69, 9.17) is 0 Å². The average Bonchev–Trinajstić information content (AvgIpc) is 3.26. The van der Waals surface area contributed by atoms with Gasteiger partial charge in [-0.3, -0.25) is 4.68 Å². The van der Waals surface area contributed by atoms with Crippen LogP contribution in [-0.2, 0) is 6.54 Å². The fourth-order valence-corrected chi connectivity index (χ4v) is 4.04. The van der Waals surface area contributed by atoms with Gasteiger partial charge in [-0.05, 0) is 25.1 Å². The standard InChI is InChI=1S/C21H22N6/c1-16-10-18-11-19(14-27(18)24-16)25-6-8-26(9-7-25)21-5-3-2-4-20(21)17-12-22-15-23-13-17/h2-5,10-13,15H,6-9,14H2,1H3. The van der Waals surface area contributed by atoms with E-state index in [1.54, 1.807) is 6.33 Å². The minimum absolute atomic E-state index is 0.890. The number of rotatable bonds is 3. The van der Waals surface area contributed by atoms with Crippen molar-refractivity contribution in [3.8, 4) is 11.1 Å². The van der Waals surface area contributed by atoms with E-state index in [1.807, 2.05) is 19.3 Å². The molecule has 4 heterocycles. The van der Waals surface area contributed by atoms with Crippen LogP contribution in [0.5, 0.6) is 0 Å². The predicted molar refractivity (Wildman–Crippen MR) is 106 cm³/mol. The topological polar surface area (TPSA) is 50.1 Å². The first-order chi connectivity index (χ1) is 13.3. The highest BCUT2D eigenvalue weighted by molar-refractivity contribution is 5.77. The van der Waals surface area contributed by atoms with E-state index in [0.717, 1.165) is 44.0 Å². The van der Waals surface area contributed by atoms with Crippen molar-refractivity contribution < 1.29 is 0 Å². The molecule has 0 saturated carbocycles. The van der Waals surface area contributed by atoms with Crippen molar-refractivity contribution in [2.45, 2.75) is 13.5 Å². The lowest BCUT2D eigenvalue weighted by atomic mass is 10.1. The third-order valence-electron chi connectivity index (χ3n) is 5.36. The number of benzene rings is 1. The highest BCUT2D eigenvalue weighted by atomic mass is 15.3. The van der Waals surface area contributed by atoms with Crippen molar-refractivity contribution in [1.29, 1.82) is 0 Å². The van der Waals surface area contributed by atoms with Gasteiger partial charge in [0.05, 0.1) is 17.9 Å². The zero-order chi connectivity index (χ0) is 18.2. The van der Waals surface area contributed by atoms with E-state index in [-0.39, 0.29) is 0 Å². The molecular formula is C21H22N6. The Morgan fingerprint density at radius 1 is 0.926 bits per heavy atom. The van der Waals surface area contributed by atoms with Gasteiger partial charge < -0.3 is 9.80 Å². The van der Waals surface area contributed by atoms with E-state index in [0.29, 0.717) is 0 Å². The quantitative estimate of drug-likeness (QED) is 0.721. The van der Waals surface area contributed by atoms with Crippen LogP contribution < -0.4 is 4.90 Å². The summed E-state index contributed by atoms with van der Waals surface area (Å²) in [6.07, 6.45) is 7.63. The van der Waals surface area contributed by atoms with Crippen molar-refractivity contribution in [2.24, 2.45) is 0 Å². The van der Waals surface area contributed by atoms with Crippen LogP contribution in [0, 0.1) is 6.92 Å². The minimum Gasteiger partial charge on any atom is -0.370 e. The van der Waals surface area contributed by atoms with Gasteiger partial charge in [0.2, 0.25) is 0 Å². The van der Waals surface area contributed by atoms with Gasteiger partial charge in [0.25, 0.3) is 0 Å². The number of allylic oxidation sites excluding steroid dienone is 1. The molecule has 136 valence electrons. The lowest BCUT2D eigenvalue weighted by molar-refractivity contribution is 0.309. The van der Waals surface area contributed by atoms with Crippen LogP contribution >= 0.6 is 0 Å². The number of aryl methyl sites for hydroxylation is 1. The Morgan fingerprint density at radius 3 is 2.44 bits per heavy atom. The number of piperazine rings is 1. The number of nitrogens with zero attached hydrogens (tertiary/aromatic N) is 6. The second-order valence-electron chi connectivity index (χ2n) is 7.12. The molecule has 2 aliphatic heterocycles. The molecule has 0 unspecified atom stereocenters. The number of hydrogen-bond acceptors (Lipinski definition) is 5. The highest BCUT2D eigenvalue weighted by Crippen LogP contribution is 2.31. The molecule has 1 fully saturated rings. The molecule has 5 rings (SSSR count). The lowest BCUT2D eigenvalue weighted by Gasteiger charge is -2.38. The van der Waals surface area contributed by atoms with Crippen molar-refractivity contribution in [1.82, 2.24) is 24.6 Å². The first kappa shape index (κ1) is 16.1. The molecule has 1 saturated heterocycles. The molecule has 0 amide bonds. The van der Waals surface area contributed by atoms with Crippen molar-refractivity contribution in [3.05, 3.63) is 66.1 Å². The number of aromatic nitrogens is 4. The molecule has 27 heavy (non-hydrogen) atoms. The van der Waals surface area contributed by atoms with Gasteiger partial charge in [0.1, 0.15) is 6.33 Å². The molecule has 2 aliphatic rings. The highest BCUT2D eigenvalue weighted by Gasteiger charge is 2.24. The molecule has 6 heteroatoms. The van der Waals surface area contributed by atoms with Crippen LogP contribution in [0.1, 0.15) is 11.4 Å². The van der Waals surface area contributed by atoms with Crippen LogP contribution in [0.4, 0.5) is 5.69 Å². The van der Waals surface area contributed by atoms with Crippen LogP contribution in [0.3, 0.4) is 0 Å². The fourth-order valence-electron chi connectivity index (χ4n) is 4.04. The Hall–Kier alpha value is -3.15. The normalized spacial score (nSPS) is 16.4. The maximum absolute atomic E-state index is 4.56. The lowest BCUT2D eigenvalue weighted by Crippen LogP contribution is -2.46. The van der Waals surface area contributed by atoms with E-state index in [9.17, 15) is 0 Å². The van der Waals surface area contributed by atoms with Crippen LogP contribution in [0.2, 0.25) is 0 Å². The monoisotopic (exact) mass is 358 g/mol. The fraction of sp³-hybridized carbons (Fsp3) is 0.286. The van der Waals surface area contributed by atoms with Gasteiger partial charge in [0, 0.05) is 61.1 Å². The van der Waals surface area contributed by atoms with E-state index in [2.05, 4.69) is 66.0 Å². The molecule has 6 nitrogen and oxygen atoms in total. The van der Waals surface area contributed by atoms with Crippen LogP contribution in [0.15, 0.2) is 54.7 Å². The SMILES string of the molecule is Cc1cc2n(n1)CC(N1CCN(c3ccccc3-c3cncnc3)CC1)=C2. The van der Waals surface area contributed by atoms with Crippen LogP contribution in [-0.4, -0.2) is 50.8 Å². The first-order valence-corrected chi connectivity index (χ1v) is 9.37. The summed E-state index contributed by atoms with van der Waals surface area (Å²) in [4.78, 5) is 13.3. The molecule has 0 atom stereocenters. The maximum Gasteiger partial charge on any atom is 0.115 e. The average molecular weight is 358 g/mol. The zero-order valence-corrected chi connectivity index (χ0v) is 15.4. The third-order valence-corrected chi connectivity index (χ3v) is 5.36. The Kier molecular flexibility index (Phi) is 3.89. The molecule has 0 bridgehead atoms. The molecule has 3 aromatic rings. The molecular weight excluding hydrogens is 336 g/mol.